The van der Waals surface area contributed by atoms with Gasteiger partial charge in [-0.1, -0.05) is 12.1 Å². The molecule has 0 aliphatic heterocycles. The van der Waals surface area contributed by atoms with Crippen LogP contribution in [0.1, 0.15) is 0 Å². The zero-order chi connectivity index (χ0) is 20.5. The molecule has 0 radical (unpaired) electrons. The molecule has 0 amide bonds. The fraction of sp³-hybridized carbons (Fsp3) is 0. The Bertz CT molecular complexity index is 881. The molecular weight excluding hydrogens is 364 g/mol. The normalized spacial score (nSPS) is 8.57. The average molecular weight is 382 g/mol. The summed E-state index contributed by atoms with van der Waals surface area (Å²) in [4.78, 5) is 45.7. The summed E-state index contributed by atoms with van der Waals surface area (Å²) in [5.41, 5.74) is -0.435. The van der Waals surface area contributed by atoms with E-state index in [9.17, 15) is 19.2 Å². The minimum absolute atomic E-state index is 0.0532. The van der Waals surface area contributed by atoms with E-state index in [1.54, 1.807) is 48.8 Å². The number of hydrogen-bond donors (Lipinski definition) is 4. The molecule has 4 aromatic rings. The quantitative estimate of drug-likeness (QED) is 0.342. The van der Waals surface area contributed by atoms with Gasteiger partial charge in [-0.2, -0.15) is 10.2 Å². The lowest BCUT2D eigenvalue weighted by Gasteiger charge is -1.73. The van der Waals surface area contributed by atoms with Crippen LogP contribution in [0.5, 0.6) is 0 Å². The molecule has 4 rings (SSSR count). The summed E-state index contributed by atoms with van der Waals surface area (Å²) < 4.78 is 0. The number of pyridine rings is 2. The second-order valence-electron chi connectivity index (χ2n) is 4.68. The summed E-state index contributed by atoms with van der Waals surface area (Å²) in [6, 6.07) is 15.8. The lowest BCUT2D eigenvalue weighted by atomic mass is 10.5. The smallest absolute Gasteiger partial charge is 0.264 e. The van der Waals surface area contributed by atoms with Crippen molar-refractivity contribution in [2.45, 2.75) is 0 Å². The molecule has 0 saturated carbocycles. The summed E-state index contributed by atoms with van der Waals surface area (Å²) >= 11 is 0. The molecule has 0 bridgehead atoms. The molecule has 0 unspecified atom stereocenters. The first-order chi connectivity index (χ1) is 13.6. The molecule has 0 atom stereocenters. The average Bonchev–Trinajstić information content (AvgIpc) is 2.72. The molecule has 0 saturated heterocycles. The first-order valence-electron chi connectivity index (χ1n) is 7.85. The Hall–Kier alpha value is -4.34. The van der Waals surface area contributed by atoms with Gasteiger partial charge in [0.2, 0.25) is 11.1 Å². The van der Waals surface area contributed by atoms with Crippen LogP contribution in [0.3, 0.4) is 0 Å². The zero-order valence-corrected chi connectivity index (χ0v) is 14.6. The van der Waals surface area contributed by atoms with Gasteiger partial charge in [0.1, 0.15) is 0 Å². The van der Waals surface area contributed by atoms with Gasteiger partial charge in [0.25, 0.3) is 11.1 Å². The van der Waals surface area contributed by atoms with Crippen molar-refractivity contribution >= 4 is 0 Å². The van der Waals surface area contributed by atoms with Crippen LogP contribution in [0.25, 0.3) is 0 Å². The van der Waals surface area contributed by atoms with Crippen molar-refractivity contribution in [2.75, 3.05) is 0 Å². The van der Waals surface area contributed by atoms with E-state index in [1.165, 1.54) is 36.7 Å². The van der Waals surface area contributed by atoms with E-state index < -0.39 is 0 Å². The van der Waals surface area contributed by atoms with Gasteiger partial charge in [-0.3, -0.25) is 19.2 Å². The van der Waals surface area contributed by atoms with Crippen LogP contribution in [0.4, 0.5) is 0 Å². The van der Waals surface area contributed by atoms with Gasteiger partial charge >= 0.3 is 0 Å². The number of aromatic nitrogens is 6. The van der Waals surface area contributed by atoms with Gasteiger partial charge in [-0.05, 0) is 24.3 Å². The van der Waals surface area contributed by atoms with Gasteiger partial charge in [-0.25, -0.2) is 10.2 Å². The first-order valence-corrected chi connectivity index (χ1v) is 7.85. The third-order valence-electron chi connectivity index (χ3n) is 2.53. The summed E-state index contributed by atoms with van der Waals surface area (Å²) in [5, 5.41) is 11.3. The standard InChI is InChI=1S/2C5H5NO.2C4H4N2O/c2*7-5-3-1-2-4-6-5;2*7-4-2-1-3-5-6-4/h2*1-4H,(H,6,7);2*1-3H,(H,6,7). The molecule has 4 aromatic heterocycles. The molecule has 144 valence electrons. The maximum Gasteiger partial charge on any atom is 0.264 e. The summed E-state index contributed by atoms with van der Waals surface area (Å²) in [6.07, 6.45) is 6.23. The van der Waals surface area contributed by atoms with Gasteiger partial charge in [0.05, 0.1) is 0 Å². The molecule has 10 heteroatoms. The molecule has 4 N–H and O–H groups in total. The lowest BCUT2D eigenvalue weighted by Crippen LogP contribution is -2.02. The van der Waals surface area contributed by atoms with Crippen LogP contribution in [0.15, 0.2) is 105 Å². The van der Waals surface area contributed by atoms with Crippen LogP contribution < -0.4 is 22.2 Å². The van der Waals surface area contributed by atoms with Crippen molar-refractivity contribution in [2.24, 2.45) is 0 Å². The van der Waals surface area contributed by atoms with Gasteiger partial charge in [-0.15, -0.1) is 0 Å². The second-order valence-corrected chi connectivity index (χ2v) is 4.68. The number of aromatic amines is 4. The Labute approximate surface area is 158 Å². The molecule has 10 nitrogen and oxygen atoms in total. The number of nitrogens with zero attached hydrogens (tertiary/aromatic N) is 2. The number of hydrogen-bond acceptors (Lipinski definition) is 6. The zero-order valence-electron chi connectivity index (χ0n) is 14.6. The van der Waals surface area contributed by atoms with E-state index in [2.05, 4.69) is 30.4 Å². The maximum atomic E-state index is 10.2. The second kappa shape index (κ2) is 13.9. The van der Waals surface area contributed by atoms with Gasteiger partial charge in [0.15, 0.2) is 0 Å². The highest BCUT2D eigenvalue weighted by atomic mass is 16.1. The highest BCUT2D eigenvalue weighted by molar-refractivity contribution is 4.90. The van der Waals surface area contributed by atoms with Crippen LogP contribution in [-0.4, -0.2) is 30.4 Å². The predicted octanol–water partition coefficient (Wildman–Crippen LogP) is 0.290. The van der Waals surface area contributed by atoms with Crippen LogP contribution >= 0.6 is 0 Å². The monoisotopic (exact) mass is 382 g/mol. The van der Waals surface area contributed by atoms with E-state index >= 15 is 0 Å². The molecule has 0 aliphatic carbocycles. The third kappa shape index (κ3) is 12.1. The van der Waals surface area contributed by atoms with Crippen molar-refractivity contribution in [3.05, 3.63) is 127 Å². The molecule has 0 fully saturated rings. The molecular formula is C18H18N6O4. The fourth-order valence-corrected chi connectivity index (χ4v) is 1.38. The number of rotatable bonds is 0. The van der Waals surface area contributed by atoms with E-state index in [0.717, 1.165) is 0 Å². The van der Waals surface area contributed by atoms with E-state index in [4.69, 9.17) is 0 Å². The molecule has 0 aromatic carbocycles. The summed E-state index contributed by atoms with van der Waals surface area (Å²) in [7, 11) is 0. The van der Waals surface area contributed by atoms with Crippen molar-refractivity contribution in [1.82, 2.24) is 30.4 Å². The SMILES string of the molecule is O=c1cccc[nH]1.O=c1cccc[nH]1.O=c1cccn[nH]1.O=c1cccn[nH]1. The number of nitrogens with one attached hydrogen (secondary N) is 4. The summed E-state index contributed by atoms with van der Waals surface area (Å²) in [6.45, 7) is 0. The number of H-pyrrole nitrogens is 4. The Morgan fingerprint density at radius 3 is 1.04 bits per heavy atom. The maximum absolute atomic E-state index is 10.2. The molecule has 0 spiro atoms. The van der Waals surface area contributed by atoms with Crippen molar-refractivity contribution in [3.8, 4) is 0 Å². The minimum Gasteiger partial charge on any atom is -0.329 e. The van der Waals surface area contributed by atoms with E-state index in [1.807, 2.05) is 0 Å². The Kier molecular flexibility index (Phi) is 10.8. The van der Waals surface area contributed by atoms with Gasteiger partial charge in [0, 0.05) is 49.1 Å². The highest BCUT2D eigenvalue weighted by Crippen LogP contribution is 1.67. The molecule has 0 aliphatic rings. The van der Waals surface area contributed by atoms with E-state index in [0.29, 0.717) is 0 Å². The fourth-order valence-electron chi connectivity index (χ4n) is 1.38. The minimum atomic E-state index is -0.164. The van der Waals surface area contributed by atoms with Crippen LogP contribution in [0.2, 0.25) is 0 Å². The Morgan fingerprint density at radius 1 is 0.500 bits per heavy atom. The molecule has 28 heavy (non-hydrogen) atoms. The van der Waals surface area contributed by atoms with Gasteiger partial charge < -0.3 is 9.97 Å². The topological polar surface area (TPSA) is 157 Å². The summed E-state index contributed by atoms with van der Waals surface area (Å²) in [5.74, 6) is 0. The third-order valence-corrected chi connectivity index (χ3v) is 2.53. The van der Waals surface area contributed by atoms with Crippen molar-refractivity contribution in [3.63, 3.8) is 0 Å². The van der Waals surface area contributed by atoms with Crippen LogP contribution in [0, 0.1) is 0 Å². The Morgan fingerprint density at radius 2 is 0.893 bits per heavy atom. The van der Waals surface area contributed by atoms with E-state index in [-0.39, 0.29) is 22.2 Å². The van der Waals surface area contributed by atoms with Crippen LogP contribution in [-0.2, 0) is 0 Å². The lowest BCUT2D eigenvalue weighted by molar-refractivity contribution is 0.988. The predicted molar refractivity (Wildman–Crippen MR) is 104 cm³/mol. The van der Waals surface area contributed by atoms with Crippen molar-refractivity contribution in [1.29, 1.82) is 0 Å². The van der Waals surface area contributed by atoms with Crippen molar-refractivity contribution < 1.29 is 0 Å². The molecule has 4 heterocycles. The highest BCUT2D eigenvalue weighted by Gasteiger charge is 1.72. The first kappa shape index (κ1) is 21.7. The largest absolute Gasteiger partial charge is 0.329 e. The Balaban J connectivity index is 0.000000187.